The van der Waals surface area contributed by atoms with E-state index in [1.807, 2.05) is 36.4 Å². The summed E-state index contributed by atoms with van der Waals surface area (Å²) in [6, 6.07) is 24.0. The molecule has 0 amide bonds. The zero-order valence-corrected chi connectivity index (χ0v) is 15.3. The lowest BCUT2D eigenvalue weighted by Gasteiger charge is -2.06. The van der Waals surface area contributed by atoms with Crippen LogP contribution in [0.1, 0.15) is 5.56 Å². The number of hydrogen-bond donors (Lipinski definition) is 0. The SMILES string of the molecule is N#Cc1ccc(-c2ccc(OC(=O)CSc3ccc(Cl)cc3)cc2)cc1. The third-order valence-corrected chi connectivity index (χ3v) is 4.84. The first-order valence-corrected chi connectivity index (χ1v) is 9.20. The van der Waals surface area contributed by atoms with Crippen molar-refractivity contribution in [1.82, 2.24) is 0 Å². The van der Waals surface area contributed by atoms with E-state index < -0.39 is 0 Å². The number of esters is 1. The van der Waals surface area contributed by atoms with Gasteiger partial charge in [-0.25, -0.2) is 0 Å². The number of carbonyl (C=O) groups excluding carboxylic acids is 1. The minimum absolute atomic E-state index is 0.221. The van der Waals surface area contributed by atoms with Crippen molar-refractivity contribution < 1.29 is 9.53 Å². The van der Waals surface area contributed by atoms with E-state index in [2.05, 4.69) is 6.07 Å². The molecule has 128 valence electrons. The Morgan fingerprint density at radius 3 is 2.08 bits per heavy atom. The molecule has 3 nitrogen and oxygen atoms in total. The highest BCUT2D eigenvalue weighted by atomic mass is 35.5. The van der Waals surface area contributed by atoms with Gasteiger partial charge in [-0.3, -0.25) is 4.79 Å². The summed E-state index contributed by atoms with van der Waals surface area (Å²) >= 11 is 7.24. The summed E-state index contributed by atoms with van der Waals surface area (Å²) in [6.45, 7) is 0. The fourth-order valence-corrected chi connectivity index (χ4v) is 3.08. The minimum Gasteiger partial charge on any atom is -0.426 e. The highest BCUT2D eigenvalue weighted by Gasteiger charge is 2.07. The highest BCUT2D eigenvalue weighted by Crippen LogP contribution is 2.24. The van der Waals surface area contributed by atoms with Gasteiger partial charge in [0.2, 0.25) is 0 Å². The second-order valence-corrected chi connectivity index (χ2v) is 6.92. The third kappa shape index (κ3) is 4.89. The smallest absolute Gasteiger partial charge is 0.321 e. The van der Waals surface area contributed by atoms with E-state index in [0.717, 1.165) is 16.0 Å². The molecule has 0 heterocycles. The predicted molar refractivity (Wildman–Crippen MR) is 104 cm³/mol. The molecule has 0 aromatic heterocycles. The molecule has 0 N–H and O–H groups in total. The number of thioether (sulfide) groups is 1. The zero-order valence-electron chi connectivity index (χ0n) is 13.7. The number of halogens is 1. The Bertz CT molecular complexity index is 930. The van der Waals surface area contributed by atoms with Crippen LogP contribution in [0.3, 0.4) is 0 Å². The predicted octanol–water partition coefficient (Wildman–Crippen LogP) is 5.58. The molecular formula is C21H14ClNO2S. The van der Waals surface area contributed by atoms with E-state index in [1.54, 1.807) is 36.4 Å². The second-order valence-electron chi connectivity index (χ2n) is 5.43. The Morgan fingerprint density at radius 2 is 1.50 bits per heavy atom. The summed E-state index contributed by atoms with van der Waals surface area (Å²) < 4.78 is 5.36. The second kappa shape index (κ2) is 8.57. The molecule has 26 heavy (non-hydrogen) atoms. The van der Waals surface area contributed by atoms with E-state index in [-0.39, 0.29) is 11.7 Å². The van der Waals surface area contributed by atoms with Crippen molar-refractivity contribution in [1.29, 1.82) is 5.26 Å². The molecule has 0 spiro atoms. The Balaban J connectivity index is 1.57. The molecule has 0 atom stereocenters. The number of carbonyl (C=O) groups is 1. The number of rotatable bonds is 5. The van der Waals surface area contributed by atoms with Crippen LogP contribution in [-0.2, 0) is 4.79 Å². The Labute approximate surface area is 161 Å². The quantitative estimate of drug-likeness (QED) is 0.330. The van der Waals surface area contributed by atoms with Crippen molar-refractivity contribution in [3.8, 4) is 22.9 Å². The summed E-state index contributed by atoms with van der Waals surface area (Å²) in [5.41, 5.74) is 2.61. The fourth-order valence-electron chi connectivity index (χ4n) is 2.29. The van der Waals surface area contributed by atoms with Crippen molar-refractivity contribution >= 4 is 29.3 Å². The number of ether oxygens (including phenoxy) is 1. The first kappa shape index (κ1) is 18.1. The molecule has 5 heteroatoms. The molecule has 0 saturated carbocycles. The van der Waals surface area contributed by atoms with Crippen molar-refractivity contribution in [2.75, 3.05) is 5.75 Å². The van der Waals surface area contributed by atoms with Crippen LogP contribution in [0.25, 0.3) is 11.1 Å². The van der Waals surface area contributed by atoms with Gasteiger partial charge < -0.3 is 4.74 Å². The zero-order chi connectivity index (χ0) is 18.4. The van der Waals surface area contributed by atoms with E-state index in [9.17, 15) is 4.79 Å². The summed E-state index contributed by atoms with van der Waals surface area (Å²) in [5, 5.41) is 9.51. The first-order valence-electron chi connectivity index (χ1n) is 7.84. The van der Waals surface area contributed by atoms with Crippen LogP contribution < -0.4 is 4.74 Å². The summed E-state index contributed by atoms with van der Waals surface area (Å²) in [7, 11) is 0. The highest BCUT2D eigenvalue weighted by molar-refractivity contribution is 8.00. The summed E-state index contributed by atoms with van der Waals surface area (Å²) in [4.78, 5) is 12.9. The molecule has 0 bridgehead atoms. The number of hydrogen-bond acceptors (Lipinski definition) is 4. The molecule has 3 rings (SSSR count). The fraction of sp³-hybridized carbons (Fsp3) is 0.0476. The van der Waals surface area contributed by atoms with Gasteiger partial charge >= 0.3 is 5.97 Å². The van der Waals surface area contributed by atoms with Crippen LogP contribution in [0.2, 0.25) is 5.02 Å². The van der Waals surface area contributed by atoms with Crippen LogP contribution in [0.4, 0.5) is 0 Å². The van der Waals surface area contributed by atoms with Gasteiger partial charge in [-0.05, 0) is 59.7 Å². The van der Waals surface area contributed by atoms with E-state index in [0.29, 0.717) is 16.3 Å². The van der Waals surface area contributed by atoms with Crippen molar-refractivity contribution in [2.45, 2.75) is 4.90 Å². The van der Waals surface area contributed by atoms with Gasteiger partial charge in [0.25, 0.3) is 0 Å². The van der Waals surface area contributed by atoms with E-state index >= 15 is 0 Å². The van der Waals surface area contributed by atoms with Gasteiger partial charge in [0, 0.05) is 9.92 Å². The lowest BCUT2D eigenvalue weighted by Crippen LogP contribution is -2.10. The van der Waals surface area contributed by atoms with Gasteiger partial charge in [-0.15, -0.1) is 11.8 Å². The number of nitriles is 1. The topological polar surface area (TPSA) is 50.1 Å². The van der Waals surface area contributed by atoms with Crippen LogP contribution in [0.5, 0.6) is 5.75 Å². The lowest BCUT2D eigenvalue weighted by molar-refractivity contribution is -0.131. The average Bonchev–Trinajstić information content (AvgIpc) is 2.68. The lowest BCUT2D eigenvalue weighted by atomic mass is 10.0. The summed E-state index contributed by atoms with van der Waals surface area (Å²) in [6.07, 6.45) is 0. The molecule has 3 aromatic carbocycles. The van der Waals surface area contributed by atoms with Gasteiger partial charge in [0.15, 0.2) is 0 Å². The summed E-state index contributed by atoms with van der Waals surface area (Å²) in [5.74, 6) is 0.416. The van der Waals surface area contributed by atoms with Gasteiger partial charge in [-0.2, -0.15) is 5.26 Å². The van der Waals surface area contributed by atoms with Crippen LogP contribution in [0, 0.1) is 11.3 Å². The number of benzene rings is 3. The monoisotopic (exact) mass is 379 g/mol. The molecule has 0 unspecified atom stereocenters. The maximum absolute atomic E-state index is 12.0. The molecule has 0 fully saturated rings. The third-order valence-electron chi connectivity index (χ3n) is 3.60. The average molecular weight is 380 g/mol. The van der Waals surface area contributed by atoms with E-state index in [4.69, 9.17) is 21.6 Å². The van der Waals surface area contributed by atoms with E-state index in [1.165, 1.54) is 11.8 Å². The molecule has 0 aliphatic heterocycles. The maximum Gasteiger partial charge on any atom is 0.321 e. The molecule has 0 aliphatic rings. The molecular weight excluding hydrogens is 366 g/mol. The van der Waals surface area contributed by atoms with Crippen LogP contribution in [-0.4, -0.2) is 11.7 Å². The Hall–Kier alpha value is -2.74. The molecule has 3 aromatic rings. The van der Waals surface area contributed by atoms with Gasteiger partial charge in [0.05, 0.1) is 17.4 Å². The molecule has 0 saturated heterocycles. The number of nitrogens with zero attached hydrogens (tertiary/aromatic N) is 1. The Kier molecular flexibility index (Phi) is 5.96. The normalized spacial score (nSPS) is 10.2. The minimum atomic E-state index is -0.309. The molecule has 0 radical (unpaired) electrons. The van der Waals surface area contributed by atoms with Gasteiger partial charge in [-0.1, -0.05) is 35.9 Å². The Morgan fingerprint density at radius 1 is 0.923 bits per heavy atom. The standard InChI is InChI=1S/C21H14ClNO2S/c22-18-7-11-20(12-8-18)26-14-21(24)25-19-9-5-17(6-10-19)16-3-1-15(13-23)2-4-16/h1-12H,14H2. The molecule has 0 aliphatic carbocycles. The van der Waals surface area contributed by atoms with Crippen LogP contribution in [0.15, 0.2) is 77.7 Å². The van der Waals surface area contributed by atoms with Gasteiger partial charge in [0.1, 0.15) is 5.75 Å². The largest absolute Gasteiger partial charge is 0.426 e. The van der Waals surface area contributed by atoms with Crippen LogP contribution >= 0.6 is 23.4 Å². The van der Waals surface area contributed by atoms with Crippen molar-refractivity contribution in [3.63, 3.8) is 0 Å². The first-order chi connectivity index (χ1) is 12.6. The van der Waals surface area contributed by atoms with Crippen molar-refractivity contribution in [2.24, 2.45) is 0 Å². The van der Waals surface area contributed by atoms with Crippen molar-refractivity contribution in [3.05, 3.63) is 83.4 Å². The maximum atomic E-state index is 12.0.